The molecule has 0 fully saturated rings. The molecule has 2 N–H and O–H groups in total. The molecule has 0 bridgehead atoms. The summed E-state index contributed by atoms with van der Waals surface area (Å²) in [6.45, 7) is 4.45. The van der Waals surface area contributed by atoms with Crippen molar-refractivity contribution in [1.29, 1.82) is 0 Å². The number of rotatable bonds is 9. The van der Waals surface area contributed by atoms with E-state index in [4.69, 9.17) is 16.0 Å². The lowest BCUT2D eigenvalue weighted by molar-refractivity contribution is 0.569. The molecule has 1 atom stereocenters. The van der Waals surface area contributed by atoms with Crippen molar-refractivity contribution in [3.8, 4) is 0 Å². The van der Waals surface area contributed by atoms with E-state index in [1.54, 1.807) is 6.26 Å². The van der Waals surface area contributed by atoms with Gasteiger partial charge >= 0.3 is 0 Å². The van der Waals surface area contributed by atoms with Gasteiger partial charge in [-0.05, 0) is 25.0 Å². The fourth-order valence-corrected chi connectivity index (χ4v) is 2.63. The van der Waals surface area contributed by atoms with Gasteiger partial charge in [0.25, 0.3) is 0 Å². The van der Waals surface area contributed by atoms with E-state index in [0.29, 0.717) is 16.9 Å². The zero-order valence-corrected chi connectivity index (χ0v) is 14.1. The van der Waals surface area contributed by atoms with Crippen molar-refractivity contribution in [3.05, 3.63) is 41.6 Å². The number of benzene rings is 1. The van der Waals surface area contributed by atoms with Crippen molar-refractivity contribution < 1.29 is 4.42 Å². The third-order valence-corrected chi connectivity index (χ3v) is 4.13. The Kier molecular flexibility index (Phi) is 6.66. The molecule has 0 spiro atoms. The van der Waals surface area contributed by atoms with Gasteiger partial charge in [0.1, 0.15) is 0 Å². The number of anilines is 3. The molecule has 0 amide bonds. The van der Waals surface area contributed by atoms with Crippen LogP contribution in [-0.4, -0.2) is 6.04 Å². The van der Waals surface area contributed by atoms with Crippen LogP contribution in [-0.2, 0) is 0 Å². The van der Waals surface area contributed by atoms with E-state index in [0.717, 1.165) is 17.8 Å². The molecular weight excluding hydrogens is 296 g/mol. The Labute approximate surface area is 138 Å². The lowest BCUT2D eigenvalue weighted by atomic mass is 10.1. The summed E-state index contributed by atoms with van der Waals surface area (Å²) < 4.78 is 5.56. The normalized spacial score (nSPS) is 12.1. The van der Waals surface area contributed by atoms with Crippen LogP contribution in [0.3, 0.4) is 0 Å². The highest BCUT2D eigenvalue weighted by molar-refractivity contribution is 6.33. The monoisotopic (exact) mass is 320 g/mol. The van der Waals surface area contributed by atoms with Crippen molar-refractivity contribution in [2.75, 3.05) is 10.6 Å². The number of halogens is 1. The SMILES string of the molecule is CCCCCC(CC)Nc1ccoc1Nc1ccccc1Cl. The predicted molar refractivity (Wildman–Crippen MR) is 95.3 cm³/mol. The van der Waals surface area contributed by atoms with Crippen LogP contribution in [0.15, 0.2) is 41.0 Å². The van der Waals surface area contributed by atoms with Gasteiger partial charge in [-0.2, -0.15) is 0 Å². The minimum absolute atomic E-state index is 0.468. The van der Waals surface area contributed by atoms with Crippen LogP contribution in [0.25, 0.3) is 0 Å². The molecule has 2 rings (SSSR count). The summed E-state index contributed by atoms with van der Waals surface area (Å²) in [5.74, 6) is 0.710. The zero-order valence-electron chi connectivity index (χ0n) is 13.4. The standard InChI is InChI=1S/C18H25ClN2O/c1-3-5-6-9-14(4-2)20-17-12-13-22-18(17)21-16-11-8-7-10-15(16)19/h7-8,10-14,20-21H,3-6,9H2,1-2H3. The molecule has 0 saturated carbocycles. The summed E-state index contributed by atoms with van der Waals surface area (Å²) in [5, 5.41) is 7.51. The summed E-state index contributed by atoms with van der Waals surface area (Å²) >= 11 is 6.19. The van der Waals surface area contributed by atoms with Crippen molar-refractivity contribution >= 4 is 28.9 Å². The van der Waals surface area contributed by atoms with Crippen LogP contribution < -0.4 is 10.6 Å². The summed E-state index contributed by atoms with van der Waals surface area (Å²) in [7, 11) is 0. The lowest BCUT2D eigenvalue weighted by Crippen LogP contribution is -2.18. The second-order valence-corrected chi connectivity index (χ2v) is 5.92. The number of unbranched alkanes of at least 4 members (excludes halogenated alkanes) is 2. The molecular formula is C18H25ClN2O. The van der Waals surface area contributed by atoms with E-state index in [1.807, 2.05) is 30.3 Å². The zero-order chi connectivity index (χ0) is 15.8. The largest absolute Gasteiger partial charge is 0.446 e. The van der Waals surface area contributed by atoms with Crippen LogP contribution >= 0.6 is 11.6 Å². The van der Waals surface area contributed by atoms with E-state index in [1.165, 1.54) is 25.7 Å². The van der Waals surface area contributed by atoms with Gasteiger partial charge < -0.3 is 15.1 Å². The van der Waals surface area contributed by atoms with E-state index in [9.17, 15) is 0 Å². The second-order valence-electron chi connectivity index (χ2n) is 5.51. The van der Waals surface area contributed by atoms with Gasteiger partial charge in [-0.1, -0.05) is 56.8 Å². The van der Waals surface area contributed by atoms with Gasteiger partial charge in [0.2, 0.25) is 5.88 Å². The van der Waals surface area contributed by atoms with Crippen LogP contribution in [0.4, 0.5) is 17.3 Å². The third-order valence-electron chi connectivity index (χ3n) is 3.80. The van der Waals surface area contributed by atoms with Gasteiger partial charge in [-0.15, -0.1) is 0 Å². The number of nitrogens with one attached hydrogen (secondary N) is 2. The summed E-state index contributed by atoms with van der Waals surface area (Å²) in [6, 6.07) is 10.1. The summed E-state index contributed by atoms with van der Waals surface area (Å²) in [4.78, 5) is 0. The highest BCUT2D eigenvalue weighted by Crippen LogP contribution is 2.31. The van der Waals surface area contributed by atoms with E-state index >= 15 is 0 Å². The molecule has 0 aliphatic heterocycles. The van der Waals surface area contributed by atoms with Gasteiger partial charge in [-0.3, -0.25) is 0 Å². The molecule has 2 aromatic rings. The van der Waals surface area contributed by atoms with Crippen molar-refractivity contribution in [1.82, 2.24) is 0 Å². The van der Waals surface area contributed by atoms with Gasteiger partial charge in [0, 0.05) is 12.1 Å². The Morgan fingerprint density at radius 3 is 2.64 bits per heavy atom. The van der Waals surface area contributed by atoms with Crippen LogP contribution in [0.5, 0.6) is 0 Å². The first-order valence-electron chi connectivity index (χ1n) is 8.10. The molecule has 1 heterocycles. The first kappa shape index (κ1) is 16.8. The molecule has 0 radical (unpaired) electrons. The van der Waals surface area contributed by atoms with Gasteiger partial charge in [0.15, 0.2) is 0 Å². The lowest BCUT2D eigenvalue weighted by Gasteiger charge is -2.18. The molecule has 1 unspecified atom stereocenters. The molecule has 22 heavy (non-hydrogen) atoms. The van der Waals surface area contributed by atoms with Crippen molar-refractivity contribution in [3.63, 3.8) is 0 Å². The molecule has 1 aromatic heterocycles. The molecule has 0 saturated heterocycles. The van der Waals surface area contributed by atoms with Crippen molar-refractivity contribution in [2.24, 2.45) is 0 Å². The average Bonchev–Trinajstić information content (AvgIpc) is 2.96. The Hall–Kier alpha value is -1.61. The maximum Gasteiger partial charge on any atom is 0.220 e. The summed E-state index contributed by atoms with van der Waals surface area (Å²) in [5.41, 5.74) is 1.84. The van der Waals surface area contributed by atoms with Crippen LogP contribution in [0.2, 0.25) is 5.02 Å². The van der Waals surface area contributed by atoms with Crippen molar-refractivity contribution in [2.45, 2.75) is 52.0 Å². The topological polar surface area (TPSA) is 37.2 Å². The first-order chi connectivity index (χ1) is 10.7. The maximum atomic E-state index is 6.19. The maximum absolute atomic E-state index is 6.19. The second kappa shape index (κ2) is 8.74. The Balaban J connectivity index is 2.01. The van der Waals surface area contributed by atoms with Crippen LogP contribution in [0, 0.1) is 0 Å². The molecule has 1 aromatic carbocycles. The number of para-hydroxylation sites is 1. The Morgan fingerprint density at radius 1 is 1.09 bits per heavy atom. The third kappa shape index (κ3) is 4.70. The van der Waals surface area contributed by atoms with Crippen LogP contribution in [0.1, 0.15) is 46.0 Å². The smallest absolute Gasteiger partial charge is 0.220 e. The average molecular weight is 321 g/mol. The molecule has 120 valence electrons. The molecule has 4 heteroatoms. The first-order valence-corrected chi connectivity index (χ1v) is 8.48. The van der Waals surface area contributed by atoms with Gasteiger partial charge in [0.05, 0.1) is 22.7 Å². The van der Waals surface area contributed by atoms with Gasteiger partial charge in [-0.25, -0.2) is 0 Å². The van der Waals surface area contributed by atoms with E-state index in [-0.39, 0.29) is 0 Å². The minimum Gasteiger partial charge on any atom is -0.446 e. The van der Waals surface area contributed by atoms with E-state index < -0.39 is 0 Å². The predicted octanol–water partition coefficient (Wildman–Crippen LogP) is 6.45. The van der Waals surface area contributed by atoms with E-state index in [2.05, 4.69) is 24.5 Å². The quantitative estimate of drug-likeness (QED) is 0.521. The molecule has 0 aliphatic carbocycles. The Bertz CT molecular complexity index is 568. The molecule has 0 aliphatic rings. The fraction of sp³-hybridized carbons (Fsp3) is 0.444. The number of hydrogen-bond donors (Lipinski definition) is 2. The fourth-order valence-electron chi connectivity index (χ4n) is 2.44. The highest BCUT2D eigenvalue weighted by atomic mass is 35.5. The number of furan rings is 1. The molecule has 3 nitrogen and oxygen atoms in total. The Morgan fingerprint density at radius 2 is 1.91 bits per heavy atom. The highest BCUT2D eigenvalue weighted by Gasteiger charge is 2.12. The summed E-state index contributed by atoms with van der Waals surface area (Å²) in [6.07, 6.45) is 7.77. The number of hydrogen-bond acceptors (Lipinski definition) is 3. The minimum atomic E-state index is 0.468.